The topological polar surface area (TPSA) is 89.4 Å². The standard InChI is InChI=1S/C17H27N3O5S/c1-5-18-17(21)13(2)19-8-10-20(11-9-19)26(22,23)16-12-14(24-3)6-7-15(16)25-4/h6-7,12-13H,5,8-11H2,1-4H3,(H,18,21)/p+1/t13-/m1/s1. The Hall–Kier alpha value is -1.84. The first-order chi connectivity index (χ1) is 12.3. The summed E-state index contributed by atoms with van der Waals surface area (Å²) in [6, 6.07) is 4.52. The molecule has 1 aromatic carbocycles. The van der Waals surface area contributed by atoms with Crippen molar-refractivity contribution < 1.29 is 27.6 Å². The smallest absolute Gasteiger partial charge is 0.278 e. The first-order valence-electron chi connectivity index (χ1n) is 8.69. The van der Waals surface area contributed by atoms with Gasteiger partial charge in [-0.05, 0) is 26.0 Å². The second kappa shape index (κ2) is 8.70. The number of ether oxygens (including phenoxy) is 2. The number of hydrogen-bond donors (Lipinski definition) is 2. The zero-order valence-electron chi connectivity index (χ0n) is 15.7. The maximum atomic E-state index is 13.0. The highest BCUT2D eigenvalue weighted by atomic mass is 32.2. The van der Waals surface area contributed by atoms with E-state index >= 15 is 0 Å². The van der Waals surface area contributed by atoms with E-state index in [1.165, 1.54) is 24.6 Å². The summed E-state index contributed by atoms with van der Waals surface area (Å²) < 4.78 is 37.9. The molecule has 1 fully saturated rings. The van der Waals surface area contributed by atoms with Crippen LogP contribution in [0.1, 0.15) is 13.8 Å². The van der Waals surface area contributed by atoms with Crippen molar-refractivity contribution in [1.82, 2.24) is 9.62 Å². The lowest BCUT2D eigenvalue weighted by atomic mass is 10.2. The lowest BCUT2D eigenvalue weighted by Crippen LogP contribution is -3.19. The molecular weight excluding hydrogens is 358 g/mol. The van der Waals surface area contributed by atoms with Crippen LogP contribution < -0.4 is 19.7 Å². The van der Waals surface area contributed by atoms with Crippen LogP contribution >= 0.6 is 0 Å². The Kier molecular flexibility index (Phi) is 6.85. The van der Waals surface area contributed by atoms with Crippen molar-refractivity contribution in [3.8, 4) is 11.5 Å². The molecule has 0 bridgehead atoms. The summed E-state index contributed by atoms with van der Waals surface area (Å²) in [5, 5.41) is 2.82. The van der Waals surface area contributed by atoms with E-state index in [9.17, 15) is 13.2 Å². The predicted molar refractivity (Wildman–Crippen MR) is 97.1 cm³/mol. The Labute approximate surface area is 155 Å². The number of hydrogen-bond acceptors (Lipinski definition) is 5. The summed E-state index contributed by atoms with van der Waals surface area (Å²) in [5.41, 5.74) is 0. The van der Waals surface area contributed by atoms with E-state index in [1.807, 2.05) is 13.8 Å². The van der Waals surface area contributed by atoms with Crippen molar-refractivity contribution in [2.24, 2.45) is 0 Å². The second-order valence-corrected chi connectivity index (χ2v) is 8.10. The quantitative estimate of drug-likeness (QED) is 0.635. The number of nitrogens with zero attached hydrogens (tertiary/aromatic N) is 1. The Morgan fingerprint density at radius 3 is 2.46 bits per heavy atom. The van der Waals surface area contributed by atoms with Crippen LogP contribution in [0.4, 0.5) is 0 Å². The van der Waals surface area contributed by atoms with Crippen LogP contribution in [0.25, 0.3) is 0 Å². The molecule has 1 aromatic rings. The van der Waals surface area contributed by atoms with Gasteiger partial charge < -0.3 is 19.7 Å². The fraction of sp³-hybridized carbons (Fsp3) is 0.588. The molecule has 26 heavy (non-hydrogen) atoms. The van der Waals surface area contributed by atoms with E-state index in [2.05, 4.69) is 5.32 Å². The number of quaternary nitrogens is 1. The predicted octanol–water partition coefficient (Wildman–Crippen LogP) is -0.882. The van der Waals surface area contributed by atoms with Crippen molar-refractivity contribution in [3.05, 3.63) is 18.2 Å². The van der Waals surface area contributed by atoms with E-state index in [-0.39, 0.29) is 22.6 Å². The first kappa shape index (κ1) is 20.5. The average Bonchev–Trinajstić information content (AvgIpc) is 2.67. The summed E-state index contributed by atoms with van der Waals surface area (Å²) in [7, 11) is -0.772. The summed E-state index contributed by atoms with van der Waals surface area (Å²) >= 11 is 0. The van der Waals surface area contributed by atoms with Crippen LogP contribution in [0.2, 0.25) is 0 Å². The maximum Gasteiger partial charge on any atom is 0.278 e. The number of nitrogens with one attached hydrogen (secondary N) is 2. The van der Waals surface area contributed by atoms with E-state index < -0.39 is 10.0 Å². The van der Waals surface area contributed by atoms with Gasteiger partial charge in [-0.3, -0.25) is 4.79 Å². The number of methoxy groups -OCH3 is 2. The Balaban J connectivity index is 2.14. The monoisotopic (exact) mass is 386 g/mol. The number of amides is 1. The van der Waals surface area contributed by atoms with Crippen molar-refractivity contribution >= 4 is 15.9 Å². The minimum atomic E-state index is -3.70. The van der Waals surface area contributed by atoms with Gasteiger partial charge in [-0.2, -0.15) is 4.31 Å². The molecular formula is C17H28N3O5S+. The third-order valence-electron chi connectivity index (χ3n) is 4.71. The minimum absolute atomic E-state index is 0.00623. The van der Waals surface area contributed by atoms with Crippen LogP contribution in [0, 0.1) is 0 Å². The summed E-state index contributed by atoms with van der Waals surface area (Å²) in [6.45, 7) is 6.19. The third-order valence-corrected chi connectivity index (χ3v) is 6.63. The molecule has 1 heterocycles. The third kappa shape index (κ3) is 4.28. The molecule has 9 heteroatoms. The molecule has 1 aliphatic heterocycles. The highest BCUT2D eigenvalue weighted by molar-refractivity contribution is 7.89. The molecule has 0 aliphatic carbocycles. The zero-order chi connectivity index (χ0) is 19.3. The zero-order valence-corrected chi connectivity index (χ0v) is 16.6. The van der Waals surface area contributed by atoms with Crippen molar-refractivity contribution in [1.29, 1.82) is 0 Å². The molecule has 0 unspecified atom stereocenters. The summed E-state index contributed by atoms with van der Waals surface area (Å²) in [6.07, 6.45) is 0. The molecule has 0 radical (unpaired) electrons. The average molecular weight is 386 g/mol. The van der Waals surface area contributed by atoms with Gasteiger partial charge in [-0.15, -0.1) is 0 Å². The molecule has 1 saturated heterocycles. The second-order valence-electron chi connectivity index (χ2n) is 6.20. The van der Waals surface area contributed by atoms with E-state index in [0.29, 0.717) is 38.5 Å². The Bertz CT molecular complexity index is 730. The highest BCUT2D eigenvalue weighted by Gasteiger charge is 2.35. The summed E-state index contributed by atoms with van der Waals surface area (Å²) in [5.74, 6) is 0.739. The Morgan fingerprint density at radius 2 is 1.92 bits per heavy atom. The molecule has 2 N–H and O–H groups in total. The van der Waals surface area contributed by atoms with Gasteiger partial charge in [0.15, 0.2) is 6.04 Å². The van der Waals surface area contributed by atoms with Gasteiger partial charge in [0, 0.05) is 12.6 Å². The van der Waals surface area contributed by atoms with Gasteiger partial charge in [-0.25, -0.2) is 8.42 Å². The number of piperazine rings is 1. The SMILES string of the molecule is CCNC(=O)[C@@H](C)[NH+]1CCN(S(=O)(=O)c2cc(OC)ccc2OC)CC1. The van der Waals surface area contributed by atoms with Crippen molar-refractivity contribution in [2.45, 2.75) is 24.8 Å². The number of carbonyl (C=O) groups excluding carboxylic acids is 1. The number of rotatable bonds is 7. The lowest BCUT2D eigenvalue weighted by molar-refractivity contribution is -0.917. The van der Waals surface area contributed by atoms with Gasteiger partial charge in [-0.1, -0.05) is 0 Å². The van der Waals surface area contributed by atoms with E-state index in [0.717, 1.165) is 4.90 Å². The molecule has 8 nitrogen and oxygen atoms in total. The van der Waals surface area contributed by atoms with Crippen LogP contribution in [0.5, 0.6) is 11.5 Å². The normalized spacial score (nSPS) is 17.5. The molecule has 0 saturated carbocycles. The number of sulfonamides is 1. The minimum Gasteiger partial charge on any atom is -0.497 e. The van der Waals surface area contributed by atoms with Gasteiger partial charge in [0.25, 0.3) is 5.91 Å². The van der Waals surface area contributed by atoms with Crippen LogP contribution in [0.3, 0.4) is 0 Å². The number of likely N-dealkylation sites (N-methyl/N-ethyl adjacent to an activating group) is 1. The largest absolute Gasteiger partial charge is 0.497 e. The van der Waals surface area contributed by atoms with Crippen LogP contribution in [0.15, 0.2) is 23.1 Å². The fourth-order valence-electron chi connectivity index (χ4n) is 3.08. The molecule has 1 aliphatic rings. The molecule has 1 amide bonds. The fourth-order valence-corrected chi connectivity index (χ4v) is 4.70. The van der Waals surface area contributed by atoms with E-state index in [4.69, 9.17) is 9.47 Å². The van der Waals surface area contributed by atoms with Gasteiger partial charge in [0.05, 0.1) is 40.4 Å². The van der Waals surface area contributed by atoms with Gasteiger partial charge in [0.2, 0.25) is 10.0 Å². The first-order valence-corrected chi connectivity index (χ1v) is 10.1. The highest BCUT2D eigenvalue weighted by Crippen LogP contribution is 2.30. The van der Waals surface area contributed by atoms with Crippen molar-refractivity contribution in [3.63, 3.8) is 0 Å². The molecule has 0 aromatic heterocycles. The number of benzene rings is 1. The van der Waals surface area contributed by atoms with Crippen molar-refractivity contribution in [2.75, 3.05) is 46.9 Å². The van der Waals surface area contributed by atoms with Crippen LogP contribution in [-0.2, 0) is 14.8 Å². The van der Waals surface area contributed by atoms with E-state index in [1.54, 1.807) is 12.1 Å². The summed E-state index contributed by atoms with van der Waals surface area (Å²) in [4.78, 5) is 13.2. The van der Waals surface area contributed by atoms with Gasteiger partial charge in [0.1, 0.15) is 16.4 Å². The molecule has 0 spiro atoms. The lowest BCUT2D eigenvalue weighted by Gasteiger charge is -2.34. The Morgan fingerprint density at radius 1 is 1.27 bits per heavy atom. The maximum absolute atomic E-state index is 13.0. The number of carbonyl (C=O) groups is 1. The molecule has 1 atom stereocenters. The van der Waals surface area contributed by atoms with Crippen LogP contribution in [-0.4, -0.2) is 71.6 Å². The molecule has 146 valence electrons. The molecule has 2 rings (SSSR count). The van der Waals surface area contributed by atoms with Gasteiger partial charge >= 0.3 is 0 Å².